The topological polar surface area (TPSA) is 12.9 Å². The van der Waals surface area contributed by atoms with Gasteiger partial charge in [-0.15, -0.1) is 23.4 Å². The number of rotatable bonds is 4. The molecule has 1 aromatic heterocycles. The van der Waals surface area contributed by atoms with Crippen LogP contribution in [0.15, 0.2) is 47.5 Å². The van der Waals surface area contributed by atoms with Crippen molar-refractivity contribution in [3.05, 3.63) is 59.4 Å². The van der Waals surface area contributed by atoms with Crippen LogP contribution in [0.1, 0.15) is 37.6 Å². The molecule has 2 aromatic rings. The van der Waals surface area contributed by atoms with E-state index in [9.17, 15) is 0 Å². The summed E-state index contributed by atoms with van der Waals surface area (Å²) in [4.78, 5) is 5.48. The molecule has 0 unspecified atom stereocenters. The second-order valence-electron chi connectivity index (χ2n) is 5.85. The van der Waals surface area contributed by atoms with Gasteiger partial charge in [-0.25, -0.2) is 0 Å². The van der Waals surface area contributed by atoms with Crippen LogP contribution in [0, 0.1) is 0 Å². The summed E-state index contributed by atoms with van der Waals surface area (Å²) in [5.41, 5.74) is 3.85. The van der Waals surface area contributed by atoms with E-state index < -0.39 is 0 Å². The minimum Gasteiger partial charge on any atom is -0.259 e. The molecule has 2 rings (SSSR count). The number of hydrogen-bond donors (Lipinski definition) is 0. The third kappa shape index (κ3) is 4.26. The molecule has 0 aliphatic carbocycles. The van der Waals surface area contributed by atoms with Crippen molar-refractivity contribution in [2.24, 2.45) is 0 Å². The molecule has 1 aromatic carbocycles. The van der Waals surface area contributed by atoms with Gasteiger partial charge < -0.3 is 0 Å². The third-order valence-electron chi connectivity index (χ3n) is 3.16. The zero-order valence-corrected chi connectivity index (χ0v) is 13.8. The monoisotopic (exact) mass is 305 g/mol. The van der Waals surface area contributed by atoms with Crippen LogP contribution in [0.4, 0.5) is 0 Å². The summed E-state index contributed by atoms with van der Waals surface area (Å²) >= 11 is 7.53. The lowest BCUT2D eigenvalue weighted by atomic mass is 9.87. The first kappa shape index (κ1) is 15.4. The van der Waals surface area contributed by atoms with Gasteiger partial charge in [-0.05, 0) is 28.7 Å². The molecular formula is C17H20ClNS. The predicted octanol–water partition coefficient (Wildman–Crippen LogP) is 5.41. The van der Waals surface area contributed by atoms with Gasteiger partial charge in [-0.2, -0.15) is 0 Å². The van der Waals surface area contributed by atoms with E-state index in [1.165, 1.54) is 16.0 Å². The van der Waals surface area contributed by atoms with Crippen LogP contribution in [0.5, 0.6) is 0 Å². The van der Waals surface area contributed by atoms with Crippen molar-refractivity contribution >= 4 is 23.4 Å². The maximum atomic E-state index is 5.73. The Labute approximate surface area is 130 Å². The molecule has 20 heavy (non-hydrogen) atoms. The molecule has 1 nitrogen and oxygen atoms in total. The van der Waals surface area contributed by atoms with E-state index in [0.717, 1.165) is 11.4 Å². The molecule has 106 valence electrons. The Hall–Kier alpha value is -0.990. The number of benzene rings is 1. The maximum Gasteiger partial charge on any atom is 0.0647 e. The number of thioether (sulfide) groups is 1. The number of nitrogens with zero attached hydrogens (tertiary/aromatic N) is 1. The summed E-state index contributed by atoms with van der Waals surface area (Å²) in [6.45, 7) is 6.71. The molecule has 0 atom stereocenters. The number of aromatic nitrogens is 1. The first-order valence-corrected chi connectivity index (χ1v) is 8.24. The van der Waals surface area contributed by atoms with E-state index in [0.29, 0.717) is 5.88 Å². The van der Waals surface area contributed by atoms with Gasteiger partial charge in [0.1, 0.15) is 0 Å². The number of halogens is 1. The van der Waals surface area contributed by atoms with Crippen molar-refractivity contribution in [1.29, 1.82) is 0 Å². The first-order chi connectivity index (χ1) is 9.49. The van der Waals surface area contributed by atoms with E-state index >= 15 is 0 Å². The van der Waals surface area contributed by atoms with Crippen molar-refractivity contribution in [2.75, 3.05) is 0 Å². The van der Waals surface area contributed by atoms with Crippen LogP contribution in [-0.2, 0) is 17.0 Å². The normalized spacial score (nSPS) is 11.6. The molecular weight excluding hydrogens is 286 g/mol. The zero-order chi connectivity index (χ0) is 14.6. The Kier molecular flexibility index (Phi) is 5.11. The Bertz CT molecular complexity index is 541. The highest BCUT2D eigenvalue weighted by molar-refractivity contribution is 7.98. The van der Waals surface area contributed by atoms with Gasteiger partial charge in [0, 0.05) is 16.8 Å². The molecule has 0 N–H and O–H groups in total. The van der Waals surface area contributed by atoms with Crippen LogP contribution in [0.3, 0.4) is 0 Å². The van der Waals surface area contributed by atoms with E-state index in [4.69, 9.17) is 11.6 Å². The Morgan fingerprint density at radius 1 is 1.05 bits per heavy atom. The van der Waals surface area contributed by atoms with Crippen LogP contribution >= 0.6 is 23.4 Å². The van der Waals surface area contributed by atoms with Gasteiger partial charge in [0.05, 0.1) is 11.6 Å². The Morgan fingerprint density at radius 3 is 2.25 bits per heavy atom. The lowest BCUT2D eigenvalue weighted by Gasteiger charge is -2.19. The highest BCUT2D eigenvalue weighted by Gasteiger charge is 2.12. The average Bonchev–Trinajstić information content (AvgIpc) is 2.45. The van der Waals surface area contributed by atoms with Crippen molar-refractivity contribution in [2.45, 2.75) is 42.7 Å². The second-order valence-corrected chi connectivity index (χ2v) is 7.17. The van der Waals surface area contributed by atoms with Crippen LogP contribution < -0.4 is 0 Å². The number of pyridine rings is 1. The molecule has 0 aliphatic heterocycles. The Morgan fingerprint density at radius 2 is 1.75 bits per heavy atom. The molecule has 0 fully saturated rings. The van der Waals surface area contributed by atoms with Crippen LogP contribution in [0.2, 0.25) is 0 Å². The zero-order valence-electron chi connectivity index (χ0n) is 12.2. The van der Waals surface area contributed by atoms with E-state index in [2.05, 4.69) is 56.1 Å². The molecule has 0 saturated carbocycles. The smallest absolute Gasteiger partial charge is 0.0647 e. The number of hydrogen-bond acceptors (Lipinski definition) is 2. The van der Waals surface area contributed by atoms with Crippen LogP contribution in [-0.4, -0.2) is 4.98 Å². The van der Waals surface area contributed by atoms with Crippen molar-refractivity contribution in [1.82, 2.24) is 4.98 Å². The van der Waals surface area contributed by atoms with E-state index in [1.807, 2.05) is 12.3 Å². The largest absolute Gasteiger partial charge is 0.259 e. The van der Waals surface area contributed by atoms with Gasteiger partial charge in [-0.3, -0.25) is 4.98 Å². The van der Waals surface area contributed by atoms with E-state index in [1.54, 1.807) is 11.8 Å². The lowest BCUT2D eigenvalue weighted by Crippen LogP contribution is -2.10. The molecule has 0 bridgehead atoms. The molecule has 1 heterocycles. The summed E-state index contributed by atoms with van der Waals surface area (Å²) in [7, 11) is 0. The fourth-order valence-electron chi connectivity index (χ4n) is 1.84. The van der Waals surface area contributed by atoms with Crippen LogP contribution in [0.25, 0.3) is 0 Å². The third-order valence-corrected chi connectivity index (χ3v) is 4.49. The van der Waals surface area contributed by atoms with Gasteiger partial charge >= 0.3 is 0 Å². The van der Waals surface area contributed by atoms with Crippen molar-refractivity contribution in [3.8, 4) is 0 Å². The highest BCUT2D eigenvalue weighted by Crippen LogP contribution is 2.25. The predicted molar refractivity (Wildman–Crippen MR) is 88.5 cm³/mol. The standard InChI is InChI=1S/C17H20ClNS/c1-17(2,3)14-6-4-13(5-7-14)12-20-16-9-8-15(10-18)19-11-16/h4-9,11H,10,12H2,1-3H3. The van der Waals surface area contributed by atoms with Gasteiger partial charge in [0.25, 0.3) is 0 Å². The molecule has 0 saturated heterocycles. The van der Waals surface area contributed by atoms with E-state index in [-0.39, 0.29) is 5.41 Å². The quantitative estimate of drug-likeness (QED) is 0.553. The summed E-state index contributed by atoms with van der Waals surface area (Å²) < 4.78 is 0. The SMILES string of the molecule is CC(C)(C)c1ccc(CSc2ccc(CCl)nc2)cc1. The molecule has 3 heteroatoms. The highest BCUT2D eigenvalue weighted by atomic mass is 35.5. The van der Waals surface area contributed by atoms with Crippen molar-refractivity contribution < 1.29 is 0 Å². The lowest BCUT2D eigenvalue weighted by molar-refractivity contribution is 0.590. The summed E-state index contributed by atoms with van der Waals surface area (Å²) in [6, 6.07) is 13.0. The minimum atomic E-state index is 0.215. The fraction of sp³-hybridized carbons (Fsp3) is 0.353. The van der Waals surface area contributed by atoms with Gasteiger partial charge in [-0.1, -0.05) is 45.0 Å². The average molecular weight is 306 g/mol. The van der Waals surface area contributed by atoms with Crippen molar-refractivity contribution in [3.63, 3.8) is 0 Å². The molecule has 0 aliphatic rings. The molecule has 0 radical (unpaired) electrons. The van der Waals surface area contributed by atoms with Gasteiger partial charge in [0.15, 0.2) is 0 Å². The molecule has 0 spiro atoms. The maximum absolute atomic E-state index is 5.73. The minimum absolute atomic E-state index is 0.215. The Balaban J connectivity index is 1.96. The summed E-state index contributed by atoms with van der Waals surface area (Å²) in [5.74, 6) is 1.44. The summed E-state index contributed by atoms with van der Waals surface area (Å²) in [6.07, 6.45) is 1.89. The molecule has 0 amide bonds. The number of alkyl halides is 1. The fourth-order valence-corrected chi connectivity index (χ4v) is 2.82. The van der Waals surface area contributed by atoms with Gasteiger partial charge in [0.2, 0.25) is 0 Å². The first-order valence-electron chi connectivity index (χ1n) is 6.72. The summed E-state index contributed by atoms with van der Waals surface area (Å²) in [5, 5.41) is 0. The second kappa shape index (κ2) is 6.64.